The molecule has 1 aromatic rings. The summed E-state index contributed by atoms with van der Waals surface area (Å²) in [7, 11) is 0. The van der Waals surface area contributed by atoms with Gasteiger partial charge in [0.1, 0.15) is 0 Å². The zero-order valence-corrected chi connectivity index (χ0v) is 10.9. The summed E-state index contributed by atoms with van der Waals surface area (Å²) in [5.74, 6) is 0. The van der Waals surface area contributed by atoms with Crippen LogP contribution in [0.15, 0.2) is 24.3 Å². The maximum Gasteiger partial charge on any atom is 0.0616 e. The van der Waals surface area contributed by atoms with Crippen LogP contribution in [-0.4, -0.2) is 19.3 Å². The molecule has 0 aliphatic heterocycles. The second-order valence-corrected chi connectivity index (χ2v) is 4.44. The Balaban J connectivity index is 2.45. The summed E-state index contributed by atoms with van der Waals surface area (Å²) in [5.41, 5.74) is 1.24. The molecule has 0 aromatic heterocycles. The van der Waals surface area contributed by atoms with Gasteiger partial charge in [0.15, 0.2) is 0 Å². The van der Waals surface area contributed by atoms with Crippen LogP contribution in [-0.2, 0) is 4.74 Å². The lowest BCUT2D eigenvalue weighted by Gasteiger charge is -2.20. The molecule has 0 spiro atoms. The standard InChI is InChI=1S/C13H20ClNO/c1-4-16-9-10(2)15-11(3)12-5-7-13(14)8-6-12/h5-8,10-11,15H,4,9H2,1-3H3. The van der Waals surface area contributed by atoms with Crippen molar-refractivity contribution < 1.29 is 4.74 Å². The van der Waals surface area contributed by atoms with E-state index in [-0.39, 0.29) is 0 Å². The molecular formula is C13H20ClNO. The lowest BCUT2D eigenvalue weighted by molar-refractivity contribution is 0.124. The third-order valence-electron chi connectivity index (χ3n) is 2.48. The molecule has 0 saturated heterocycles. The van der Waals surface area contributed by atoms with Crippen molar-refractivity contribution >= 4 is 11.6 Å². The molecule has 0 saturated carbocycles. The zero-order chi connectivity index (χ0) is 12.0. The first-order valence-corrected chi connectivity index (χ1v) is 6.10. The van der Waals surface area contributed by atoms with Gasteiger partial charge in [-0.2, -0.15) is 0 Å². The van der Waals surface area contributed by atoms with Crippen LogP contribution in [0.25, 0.3) is 0 Å². The van der Waals surface area contributed by atoms with Gasteiger partial charge in [-0.15, -0.1) is 0 Å². The first kappa shape index (κ1) is 13.5. The number of hydrogen-bond donors (Lipinski definition) is 1. The second-order valence-electron chi connectivity index (χ2n) is 4.00. The monoisotopic (exact) mass is 241 g/mol. The number of halogens is 1. The van der Waals surface area contributed by atoms with E-state index >= 15 is 0 Å². The highest BCUT2D eigenvalue weighted by atomic mass is 35.5. The summed E-state index contributed by atoms with van der Waals surface area (Å²) >= 11 is 5.85. The van der Waals surface area contributed by atoms with E-state index in [1.165, 1.54) is 5.56 Å². The van der Waals surface area contributed by atoms with Crippen molar-refractivity contribution in [3.63, 3.8) is 0 Å². The first-order chi connectivity index (χ1) is 7.63. The van der Waals surface area contributed by atoms with Crippen molar-refractivity contribution in [2.24, 2.45) is 0 Å². The summed E-state index contributed by atoms with van der Waals surface area (Å²) in [6.07, 6.45) is 0. The maximum absolute atomic E-state index is 5.85. The Kier molecular flexibility index (Phi) is 5.81. The Bertz CT molecular complexity index is 299. The molecular weight excluding hydrogens is 222 g/mol. The summed E-state index contributed by atoms with van der Waals surface area (Å²) < 4.78 is 5.37. The van der Waals surface area contributed by atoms with Crippen LogP contribution < -0.4 is 5.32 Å². The molecule has 0 heterocycles. The predicted octanol–water partition coefficient (Wildman–Crippen LogP) is 3.42. The molecule has 2 unspecified atom stereocenters. The van der Waals surface area contributed by atoms with Gasteiger partial charge >= 0.3 is 0 Å². The van der Waals surface area contributed by atoms with Gasteiger partial charge in [0, 0.05) is 23.7 Å². The van der Waals surface area contributed by atoms with Gasteiger partial charge < -0.3 is 10.1 Å². The molecule has 1 rings (SSSR count). The highest BCUT2D eigenvalue weighted by Crippen LogP contribution is 2.16. The van der Waals surface area contributed by atoms with E-state index in [1.807, 2.05) is 31.2 Å². The van der Waals surface area contributed by atoms with E-state index in [1.54, 1.807) is 0 Å². The highest BCUT2D eigenvalue weighted by Gasteiger charge is 2.08. The average Bonchev–Trinajstić information content (AvgIpc) is 2.27. The van der Waals surface area contributed by atoms with E-state index in [4.69, 9.17) is 16.3 Å². The Hall–Kier alpha value is -0.570. The van der Waals surface area contributed by atoms with Crippen molar-refractivity contribution in [1.82, 2.24) is 5.32 Å². The molecule has 1 aromatic carbocycles. The van der Waals surface area contributed by atoms with E-state index in [0.29, 0.717) is 12.1 Å². The molecule has 2 atom stereocenters. The summed E-state index contributed by atoms with van der Waals surface area (Å²) in [5, 5.41) is 4.26. The van der Waals surface area contributed by atoms with E-state index < -0.39 is 0 Å². The third kappa shape index (κ3) is 4.52. The van der Waals surface area contributed by atoms with E-state index in [2.05, 4.69) is 19.2 Å². The molecule has 0 amide bonds. The van der Waals surface area contributed by atoms with Gasteiger partial charge in [0.05, 0.1) is 6.61 Å². The molecule has 0 aliphatic carbocycles. The molecule has 1 N–H and O–H groups in total. The van der Waals surface area contributed by atoms with Crippen LogP contribution in [0.5, 0.6) is 0 Å². The SMILES string of the molecule is CCOCC(C)NC(C)c1ccc(Cl)cc1. The van der Waals surface area contributed by atoms with Crippen molar-refractivity contribution in [3.05, 3.63) is 34.9 Å². The fourth-order valence-electron chi connectivity index (χ4n) is 1.62. The minimum atomic E-state index is 0.313. The van der Waals surface area contributed by atoms with Crippen LogP contribution >= 0.6 is 11.6 Å². The van der Waals surface area contributed by atoms with Crippen molar-refractivity contribution in [2.45, 2.75) is 32.9 Å². The Morgan fingerprint density at radius 1 is 1.25 bits per heavy atom. The summed E-state index contributed by atoms with van der Waals surface area (Å²) in [6, 6.07) is 8.60. The normalized spacial score (nSPS) is 14.8. The lowest BCUT2D eigenvalue weighted by atomic mass is 10.1. The fourth-order valence-corrected chi connectivity index (χ4v) is 1.74. The van der Waals surface area contributed by atoms with Gasteiger partial charge in [-0.05, 0) is 38.5 Å². The Labute approximate surface area is 103 Å². The predicted molar refractivity (Wildman–Crippen MR) is 69.0 cm³/mol. The third-order valence-corrected chi connectivity index (χ3v) is 2.73. The van der Waals surface area contributed by atoms with Gasteiger partial charge in [0.2, 0.25) is 0 Å². The van der Waals surface area contributed by atoms with Crippen LogP contribution in [0.1, 0.15) is 32.4 Å². The largest absolute Gasteiger partial charge is 0.380 e. The number of hydrogen-bond acceptors (Lipinski definition) is 2. The van der Waals surface area contributed by atoms with Crippen LogP contribution in [0, 0.1) is 0 Å². The summed E-state index contributed by atoms with van der Waals surface area (Å²) in [4.78, 5) is 0. The molecule has 2 nitrogen and oxygen atoms in total. The van der Waals surface area contributed by atoms with Crippen molar-refractivity contribution in [3.8, 4) is 0 Å². The molecule has 0 fully saturated rings. The van der Waals surface area contributed by atoms with Crippen molar-refractivity contribution in [2.75, 3.05) is 13.2 Å². The maximum atomic E-state index is 5.85. The highest BCUT2D eigenvalue weighted by molar-refractivity contribution is 6.30. The fraction of sp³-hybridized carbons (Fsp3) is 0.538. The van der Waals surface area contributed by atoms with E-state index in [9.17, 15) is 0 Å². The first-order valence-electron chi connectivity index (χ1n) is 5.72. The number of benzene rings is 1. The zero-order valence-electron chi connectivity index (χ0n) is 10.2. The van der Waals surface area contributed by atoms with Crippen LogP contribution in [0.2, 0.25) is 5.02 Å². The van der Waals surface area contributed by atoms with Crippen LogP contribution in [0.3, 0.4) is 0 Å². The van der Waals surface area contributed by atoms with E-state index in [0.717, 1.165) is 18.2 Å². The Morgan fingerprint density at radius 2 is 1.88 bits per heavy atom. The molecule has 0 aliphatic rings. The quantitative estimate of drug-likeness (QED) is 0.824. The number of rotatable bonds is 6. The minimum Gasteiger partial charge on any atom is -0.380 e. The average molecular weight is 242 g/mol. The van der Waals surface area contributed by atoms with Gasteiger partial charge in [0.25, 0.3) is 0 Å². The van der Waals surface area contributed by atoms with Crippen LogP contribution in [0.4, 0.5) is 0 Å². The smallest absolute Gasteiger partial charge is 0.0616 e. The number of ether oxygens (including phenoxy) is 1. The van der Waals surface area contributed by atoms with Gasteiger partial charge in [-0.3, -0.25) is 0 Å². The number of nitrogens with one attached hydrogen (secondary N) is 1. The molecule has 16 heavy (non-hydrogen) atoms. The Morgan fingerprint density at radius 3 is 2.44 bits per heavy atom. The molecule has 90 valence electrons. The summed E-state index contributed by atoms with van der Waals surface area (Å²) in [6.45, 7) is 7.79. The molecule has 0 radical (unpaired) electrons. The van der Waals surface area contributed by atoms with Gasteiger partial charge in [-0.25, -0.2) is 0 Å². The minimum absolute atomic E-state index is 0.313. The molecule has 0 bridgehead atoms. The lowest BCUT2D eigenvalue weighted by Crippen LogP contribution is -2.32. The topological polar surface area (TPSA) is 21.3 Å². The molecule has 3 heteroatoms. The van der Waals surface area contributed by atoms with Gasteiger partial charge in [-0.1, -0.05) is 23.7 Å². The van der Waals surface area contributed by atoms with Crippen molar-refractivity contribution in [1.29, 1.82) is 0 Å². The second kappa shape index (κ2) is 6.89.